The van der Waals surface area contributed by atoms with E-state index in [9.17, 15) is 9.59 Å². The molecular formula is C25H18N4O3S. The summed E-state index contributed by atoms with van der Waals surface area (Å²) in [5.74, 6) is 0.0972. The zero-order valence-corrected chi connectivity index (χ0v) is 18.2. The topological polar surface area (TPSA) is 85.6 Å². The van der Waals surface area contributed by atoms with Gasteiger partial charge in [0.15, 0.2) is 12.4 Å². The molecule has 5 rings (SSSR count). The van der Waals surface area contributed by atoms with E-state index in [1.807, 2.05) is 54.7 Å². The highest BCUT2D eigenvalue weighted by atomic mass is 32.1. The second kappa shape index (κ2) is 9.05. The van der Waals surface area contributed by atoms with Crippen molar-refractivity contribution in [2.45, 2.75) is 0 Å². The Balaban J connectivity index is 1.17. The number of hydrogen-bond acceptors (Lipinski definition) is 6. The molecule has 0 saturated heterocycles. The normalized spacial score (nSPS) is 10.8. The molecule has 0 saturated carbocycles. The smallest absolute Gasteiger partial charge is 0.264 e. The van der Waals surface area contributed by atoms with Gasteiger partial charge in [0.05, 0.1) is 11.9 Å². The number of ether oxygens (including phenoxy) is 1. The van der Waals surface area contributed by atoms with E-state index in [0.717, 1.165) is 11.3 Å². The summed E-state index contributed by atoms with van der Waals surface area (Å²) in [4.78, 5) is 30.0. The molecule has 2 heterocycles. The summed E-state index contributed by atoms with van der Waals surface area (Å²) in [6.45, 7) is -0.177. The minimum absolute atomic E-state index is 0.0657. The molecule has 0 radical (unpaired) electrons. The highest BCUT2D eigenvalue weighted by molar-refractivity contribution is 7.20. The average molecular weight is 455 g/mol. The fourth-order valence-electron chi connectivity index (χ4n) is 3.26. The van der Waals surface area contributed by atoms with E-state index >= 15 is 0 Å². The van der Waals surface area contributed by atoms with Crippen molar-refractivity contribution in [3.8, 4) is 17.0 Å². The summed E-state index contributed by atoms with van der Waals surface area (Å²) in [5.41, 5.74) is 3.01. The first-order chi connectivity index (χ1) is 16.2. The zero-order chi connectivity index (χ0) is 22.6. The summed E-state index contributed by atoms with van der Waals surface area (Å²) < 4.78 is 7.19. The van der Waals surface area contributed by atoms with Crippen LogP contribution < -0.4 is 10.1 Å². The number of amides is 1. The number of benzene rings is 3. The fourth-order valence-corrected chi connectivity index (χ4v) is 4.06. The van der Waals surface area contributed by atoms with Gasteiger partial charge >= 0.3 is 0 Å². The van der Waals surface area contributed by atoms with Crippen LogP contribution in [0, 0.1) is 0 Å². The number of nitrogens with one attached hydrogen (secondary N) is 1. The van der Waals surface area contributed by atoms with Crippen LogP contribution in [-0.2, 0) is 4.79 Å². The minimum atomic E-state index is -0.334. The largest absolute Gasteiger partial charge is 0.484 e. The SMILES string of the molecule is O=C(COc1ccc(C(=O)c2ccccc2)cc1)Nc1nn2cc(-c3ccccc3)nc2s1. The van der Waals surface area contributed by atoms with Gasteiger partial charge in [-0.1, -0.05) is 72.0 Å². The number of aromatic nitrogens is 3. The summed E-state index contributed by atoms with van der Waals surface area (Å²) in [6.07, 6.45) is 1.83. The molecule has 3 aromatic carbocycles. The maximum absolute atomic E-state index is 12.5. The van der Waals surface area contributed by atoms with Crippen LogP contribution in [0.25, 0.3) is 16.2 Å². The van der Waals surface area contributed by atoms with Gasteiger partial charge in [0.25, 0.3) is 5.91 Å². The van der Waals surface area contributed by atoms with Gasteiger partial charge in [0.1, 0.15) is 5.75 Å². The van der Waals surface area contributed by atoms with E-state index in [1.54, 1.807) is 40.9 Å². The number of ketones is 1. The number of nitrogens with zero attached hydrogens (tertiary/aromatic N) is 3. The third-order valence-corrected chi connectivity index (χ3v) is 5.72. The molecular weight excluding hydrogens is 436 g/mol. The quantitative estimate of drug-likeness (QED) is 0.360. The van der Waals surface area contributed by atoms with Gasteiger partial charge in [0, 0.05) is 16.7 Å². The van der Waals surface area contributed by atoms with Crippen LogP contribution in [-0.4, -0.2) is 32.9 Å². The van der Waals surface area contributed by atoms with Crippen LogP contribution in [0.15, 0.2) is 91.1 Å². The van der Waals surface area contributed by atoms with Crippen LogP contribution >= 0.6 is 11.3 Å². The van der Waals surface area contributed by atoms with Gasteiger partial charge in [-0.3, -0.25) is 14.9 Å². The Bertz CT molecular complexity index is 1380. The van der Waals surface area contributed by atoms with Crippen LogP contribution in [0.1, 0.15) is 15.9 Å². The van der Waals surface area contributed by atoms with Crippen LogP contribution in [0.5, 0.6) is 5.75 Å². The third-order valence-electron chi connectivity index (χ3n) is 4.88. The Morgan fingerprint density at radius 2 is 1.55 bits per heavy atom. The molecule has 0 aliphatic carbocycles. The lowest BCUT2D eigenvalue weighted by Crippen LogP contribution is -2.20. The van der Waals surface area contributed by atoms with Gasteiger partial charge in [-0.15, -0.1) is 5.10 Å². The van der Waals surface area contributed by atoms with E-state index in [-0.39, 0.29) is 18.3 Å². The highest BCUT2D eigenvalue weighted by Gasteiger charge is 2.13. The molecule has 0 aliphatic heterocycles. The first-order valence-electron chi connectivity index (χ1n) is 10.2. The number of carbonyl (C=O) groups excluding carboxylic acids is 2. The predicted molar refractivity (Wildman–Crippen MR) is 127 cm³/mol. The molecule has 162 valence electrons. The number of anilines is 1. The summed E-state index contributed by atoms with van der Waals surface area (Å²) in [6, 6.07) is 25.6. The Hall–Kier alpha value is -4.30. The Morgan fingerprint density at radius 1 is 0.879 bits per heavy atom. The van der Waals surface area contributed by atoms with Crippen LogP contribution in [0.3, 0.4) is 0 Å². The van der Waals surface area contributed by atoms with Crippen molar-refractivity contribution in [3.63, 3.8) is 0 Å². The van der Waals surface area contributed by atoms with E-state index in [4.69, 9.17) is 4.74 Å². The standard InChI is InChI=1S/C25H18N4O3S/c30-22(16-32-20-13-11-19(12-14-20)23(31)18-9-5-2-6-10-18)27-24-28-29-15-21(26-25(29)33-24)17-7-3-1-4-8-17/h1-15H,16H2,(H,27,28,30). The Labute approximate surface area is 193 Å². The highest BCUT2D eigenvalue weighted by Crippen LogP contribution is 2.24. The molecule has 0 aliphatic rings. The first kappa shape index (κ1) is 20.6. The minimum Gasteiger partial charge on any atom is -0.484 e. The first-order valence-corrected chi connectivity index (χ1v) is 11.0. The van der Waals surface area contributed by atoms with E-state index in [1.165, 1.54) is 11.3 Å². The van der Waals surface area contributed by atoms with Crippen molar-refractivity contribution < 1.29 is 14.3 Å². The monoisotopic (exact) mass is 454 g/mol. The lowest BCUT2D eigenvalue weighted by molar-refractivity contribution is -0.118. The summed E-state index contributed by atoms with van der Waals surface area (Å²) >= 11 is 1.28. The molecule has 5 aromatic rings. The Kier molecular flexibility index (Phi) is 5.65. The molecule has 0 atom stereocenters. The molecule has 33 heavy (non-hydrogen) atoms. The van der Waals surface area contributed by atoms with Crippen molar-refractivity contribution in [2.24, 2.45) is 0 Å². The number of fused-ring (bicyclic) bond motifs is 1. The van der Waals surface area contributed by atoms with Gasteiger partial charge in [0.2, 0.25) is 10.1 Å². The number of rotatable bonds is 7. The predicted octanol–water partition coefficient (Wildman–Crippen LogP) is 4.71. The zero-order valence-electron chi connectivity index (χ0n) is 17.3. The second-order valence-corrected chi connectivity index (χ2v) is 8.14. The van der Waals surface area contributed by atoms with Crippen LogP contribution in [0.2, 0.25) is 0 Å². The van der Waals surface area contributed by atoms with E-state index in [2.05, 4.69) is 15.4 Å². The molecule has 8 heteroatoms. The van der Waals surface area contributed by atoms with Gasteiger partial charge < -0.3 is 4.74 Å². The summed E-state index contributed by atoms with van der Waals surface area (Å²) in [7, 11) is 0. The number of imidazole rings is 1. The lowest BCUT2D eigenvalue weighted by atomic mass is 10.0. The molecule has 0 bridgehead atoms. The molecule has 0 spiro atoms. The van der Waals surface area contributed by atoms with Crippen molar-refractivity contribution in [1.29, 1.82) is 0 Å². The second-order valence-electron chi connectivity index (χ2n) is 7.18. The fraction of sp³-hybridized carbons (Fsp3) is 0.0400. The van der Waals surface area contributed by atoms with Gasteiger partial charge in [-0.2, -0.15) is 0 Å². The number of carbonyl (C=O) groups is 2. The maximum atomic E-state index is 12.5. The van der Waals surface area contributed by atoms with Gasteiger partial charge in [-0.25, -0.2) is 9.50 Å². The Morgan fingerprint density at radius 3 is 2.24 bits per heavy atom. The van der Waals surface area contributed by atoms with E-state index < -0.39 is 0 Å². The van der Waals surface area contributed by atoms with Gasteiger partial charge in [-0.05, 0) is 24.3 Å². The molecule has 0 fully saturated rings. The summed E-state index contributed by atoms with van der Waals surface area (Å²) in [5, 5.41) is 7.53. The molecule has 2 aromatic heterocycles. The number of hydrogen-bond donors (Lipinski definition) is 1. The van der Waals surface area contributed by atoms with Crippen molar-refractivity contribution in [3.05, 3.63) is 102 Å². The third kappa shape index (κ3) is 4.65. The van der Waals surface area contributed by atoms with Crippen molar-refractivity contribution in [2.75, 3.05) is 11.9 Å². The maximum Gasteiger partial charge on any atom is 0.264 e. The molecule has 0 unspecified atom stereocenters. The average Bonchev–Trinajstić information content (AvgIpc) is 3.42. The molecule has 1 amide bonds. The van der Waals surface area contributed by atoms with E-state index in [0.29, 0.717) is 27.0 Å². The lowest BCUT2D eigenvalue weighted by Gasteiger charge is -2.07. The van der Waals surface area contributed by atoms with Crippen molar-refractivity contribution >= 4 is 33.1 Å². The van der Waals surface area contributed by atoms with Crippen molar-refractivity contribution in [1.82, 2.24) is 14.6 Å². The molecule has 7 nitrogen and oxygen atoms in total. The molecule has 1 N–H and O–H groups in total. The van der Waals surface area contributed by atoms with Crippen LogP contribution in [0.4, 0.5) is 5.13 Å².